The first-order valence-electron chi connectivity index (χ1n) is 10.7. The molecule has 0 bridgehead atoms. The van der Waals surface area contributed by atoms with E-state index in [4.69, 9.17) is 5.73 Å². The molecule has 13 heteroatoms. The molecule has 0 saturated heterocycles. The second-order valence-electron chi connectivity index (χ2n) is 8.37. The summed E-state index contributed by atoms with van der Waals surface area (Å²) in [6.45, 7) is 2.14. The van der Waals surface area contributed by atoms with Crippen molar-refractivity contribution in [2.75, 3.05) is 5.73 Å². The second kappa shape index (κ2) is 9.39. The number of alkyl halides is 5. The number of rotatable bonds is 6. The number of aromatic nitrogens is 4. The first-order valence-corrected chi connectivity index (χ1v) is 10.7. The van der Waals surface area contributed by atoms with E-state index in [9.17, 15) is 31.9 Å². The van der Waals surface area contributed by atoms with Crippen LogP contribution in [0, 0.1) is 6.92 Å². The fraction of sp³-hybridized carbons (Fsp3) is 0.250. The number of carbonyl (C=O) groups excluding carboxylic acids is 1. The van der Waals surface area contributed by atoms with Crippen LogP contribution in [0.2, 0.25) is 0 Å². The van der Waals surface area contributed by atoms with Gasteiger partial charge in [-0.2, -0.15) is 13.2 Å². The molecule has 0 aliphatic heterocycles. The number of esters is 1. The number of aliphatic hydroxyl groups is 1. The molecule has 1 atom stereocenters. The maximum atomic E-state index is 14.0. The van der Waals surface area contributed by atoms with Crippen molar-refractivity contribution in [2.45, 2.75) is 38.7 Å². The summed E-state index contributed by atoms with van der Waals surface area (Å²) in [7, 11) is 0. The van der Waals surface area contributed by atoms with Crippen LogP contribution < -0.4 is 5.73 Å². The number of pyridine rings is 1. The number of nitrogens with two attached hydrogens (primary N) is 1. The van der Waals surface area contributed by atoms with E-state index in [1.807, 2.05) is 0 Å². The standard InChI is InChI=1S/C24H20F5N5O3/c1-12-3-5-14(23(2,21(25)26)37-22(36)24(27,28)29)7-16(12)18-9-32-20-19(30)33-17(10-34(18)20)13-4-6-15(11-35)31-8-13/h3-10,21,35H,11H2,1-2H3,(H2,30,33). The number of aryl methyl sites for hydroxylation is 1. The molecule has 8 nitrogen and oxygen atoms in total. The normalized spacial score (nSPS) is 13.6. The number of nitrogen functional groups attached to an aromatic ring is 1. The van der Waals surface area contributed by atoms with Crippen molar-refractivity contribution in [3.63, 3.8) is 0 Å². The number of carbonyl (C=O) groups is 1. The van der Waals surface area contributed by atoms with Crippen molar-refractivity contribution < 1.29 is 36.6 Å². The van der Waals surface area contributed by atoms with Crippen LogP contribution >= 0.6 is 0 Å². The van der Waals surface area contributed by atoms with Gasteiger partial charge in [0.2, 0.25) is 0 Å². The molecule has 1 unspecified atom stereocenters. The van der Waals surface area contributed by atoms with Crippen LogP contribution in [0.3, 0.4) is 0 Å². The maximum absolute atomic E-state index is 14.0. The van der Waals surface area contributed by atoms with Crippen molar-refractivity contribution >= 4 is 17.4 Å². The lowest BCUT2D eigenvalue weighted by Crippen LogP contribution is -2.41. The summed E-state index contributed by atoms with van der Waals surface area (Å²) in [4.78, 5) is 24.1. The molecule has 4 aromatic rings. The molecule has 0 amide bonds. The molecule has 3 heterocycles. The van der Waals surface area contributed by atoms with E-state index in [1.54, 1.807) is 29.7 Å². The van der Waals surface area contributed by atoms with Crippen molar-refractivity contribution in [3.05, 3.63) is 65.7 Å². The quantitative estimate of drug-likeness (QED) is 0.285. The second-order valence-corrected chi connectivity index (χ2v) is 8.37. The maximum Gasteiger partial charge on any atom is 0.490 e. The summed E-state index contributed by atoms with van der Waals surface area (Å²) in [5.74, 6) is -2.67. The minimum absolute atomic E-state index is 0.0559. The molecule has 0 fully saturated rings. The van der Waals surface area contributed by atoms with E-state index in [2.05, 4.69) is 19.7 Å². The Morgan fingerprint density at radius 3 is 2.49 bits per heavy atom. The van der Waals surface area contributed by atoms with Crippen LogP contribution in [0.1, 0.15) is 23.7 Å². The van der Waals surface area contributed by atoms with Gasteiger partial charge in [-0.05, 0) is 37.6 Å². The summed E-state index contributed by atoms with van der Waals surface area (Å²) in [5, 5.41) is 9.21. The molecular weight excluding hydrogens is 501 g/mol. The summed E-state index contributed by atoms with van der Waals surface area (Å²) in [6.07, 6.45) is -4.41. The van der Waals surface area contributed by atoms with Gasteiger partial charge in [-0.25, -0.2) is 23.5 Å². The van der Waals surface area contributed by atoms with E-state index in [0.29, 0.717) is 40.7 Å². The monoisotopic (exact) mass is 521 g/mol. The molecule has 3 N–H and O–H groups in total. The molecule has 4 rings (SSSR count). The van der Waals surface area contributed by atoms with Crippen molar-refractivity contribution in [1.29, 1.82) is 0 Å². The minimum Gasteiger partial charge on any atom is -0.442 e. The molecule has 0 spiro atoms. The Hall–Kier alpha value is -4.13. The third kappa shape index (κ3) is 4.81. The van der Waals surface area contributed by atoms with Gasteiger partial charge >= 0.3 is 12.1 Å². The lowest BCUT2D eigenvalue weighted by molar-refractivity contribution is -0.226. The number of benzene rings is 1. The molecule has 1 aromatic carbocycles. The molecular formula is C24H20F5N5O3. The third-order valence-electron chi connectivity index (χ3n) is 5.84. The van der Waals surface area contributed by atoms with Crippen LogP contribution in [0.4, 0.5) is 27.8 Å². The lowest BCUT2D eigenvalue weighted by atomic mass is 9.91. The summed E-state index contributed by atoms with van der Waals surface area (Å²) >= 11 is 0. The number of halogens is 5. The fourth-order valence-corrected chi connectivity index (χ4v) is 3.71. The van der Waals surface area contributed by atoms with Crippen molar-refractivity contribution in [2.24, 2.45) is 0 Å². The molecule has 37 heavy (non-hydrogen) atoms. The molecule has 0 saturated carbocycles. The largest absolute Gasteiger partial charge is 0.490 e. The number of aliphatic hydroxyl groups excluding tert-OH is 1. The van der Waals surface area contributed by atoms with Gasteiger partial charge in [-0.15, -0.1) is 0 Å². The van der Waals surface area contributed by atoms with Crippen molar-refractivity contribution in [1.82, 2.24) is 19.4 Å². The van der Waals surface area contributed by atoms with E-state index in [0.717, 1.165) is 0 Å². The Bertz CT molecular complexity index is 1470. The van der Waals surface area contributed by atoms with Gasteiger partial charge in [0.05, 0.1) is 29.9 Å². The van der Waals surface area contributed by atoms with Gasteiger partial charge in [-0.1, -0.05) is 12.1 Å². The highest BCUT2D eigenvalue weighted by molar-refractivity contribution is 5.77. The lowest BCUT2D eigenvalue weighted by Gasteiger charge is -2.30. The van der Waals surface area contributed by atoms with Crippen LogP contribution in [0.5, 0.6) is 0 Å². The highest BCUT2D eigenvalue weighted by Crippen LogP contribution is 2.38. The van der Waals surface area contributed by atoms with Gasteiger partial charge in [0, 0.05) is 29.1 Å². The molecule has 194 valence electrons. The Balaban J connectivity index is 1.84. The van der Waals surface area contributed by atoms with Crippen LogP contribution in [0.15, 0.2) is 48.9 Å². The average molecular weight is 521 g/mol. The van der Waals surface area contributed by atoms with E-state index in [-0.39, 0.29) is 23.6 Å². The van der Waals surface area contributed by atoms with Gasteiger partial charge in [0.15, 0.2) is 17.1 Å². The molecule has 0 aliphatic carbocycles. The number of imidazole rings is 1. The van der Waals surface area contributed by atoms with Crippen LogP contribution in [-0.4, -0.2) is 43.0 Å². The number of hydrogen-bond donors (Lipinski definition) is 2. The summed E-state index contributed by atoms with van der Waals surface area (Å²) < 4.78 is 72.2. The Morgan fingerprint density at radius 1 is 1.16 bits per heavy atom. The first-order chi connectivity index (χ1) is 17.3. The summed E-state index contributed by atoms with van der Waals surface area (Å²) in [5.41, 5.74) is 5.84. The summed E-state index contributed by atoms with van der Waals surface area (Å²) in [6, 6.07) is 7.11. The van der Waals surface area contributed by atoms with Crippen LogP contribution in [-0.2, 0) is 21.7 Å². The van der Waals surface area contributed by atoms with E-state index >= 15 is 0 Å². The van der Waals surface area contributed by atoms with E-state index in [1.165, 1.54) is 30.6 Å². The minimum atomic E-state index is -5.45. The molecule has 3 aromatic heterocycles. The zero-order chi connectivity index (χ0) is 27.1. The van der Waals surface area contributed by atoms with Crippen LogP contribution in [0.25, 0.3) is 28.2 Å². The Kier molecular flexibility index (Phi) is 6.59. The SMILES string of the molecule is Cc1ccc(C(C)(OC(=O)C(F)(F)F)C(F)F)cc1-c1cnc2c(N)nc(-c3ccc(CO)nc3)cn12. The highest BCUT2D eigenvalue weighted by Gasteiger charge is 2.49. The third-order valence-corrected chi connectivity index (χ3v) is 5.84. The zero-order valence-electron chi connectivity index (χ0n) is 19.4. The van der Waals surface area contributed by atoms with Gasteiger partial charge in [-0.3, -0.25) is 9.38 Å². The molecule has 0 aliphatic rings. The average Bonchev–Trinajstić information content (AvgIpc) is 3.28. The first kappa shape index (κ1) is 25.9. The van der Waals surface area contributed by atoms with Gasteiger partial charge < -0.3 is 15.6 Å². The Labute approximate surface area is 206 Å². The predicted molar refractivity (Wildman–Crippen MR) is 122 cm³/mol. The smallest absolute Gasteiger partial charge is 0.442 e. The Morgan fingerprint density at radius 2 is 1.89 bits per heavy atom. The topological polar surface area (TPSA) is 116 Å². The molecule has 0 radical (unpaired) electrons. The van der Waals surface area contributed by atoms with E-state index < -0.39 is 24.2 Å². The van der Waals surface area contributed by atoms with Gasteiger partial charge in [0.25, 0.3) is 6.43 Å². The predicted octanol–water partition coefficient (Wildman–Crippen LogP) is 4.43. The van der Waals surface area contributed by atoms with Gasteiger partial charge in [0.1, 0.15) is 0 Å². The fourth-order valence-electron chi connectivity index (χ4n) is 3.71. The number of nitrogens with zero attached hydrogens (tertiary/aromatic N) is 4. The number of anilines is 1. The highest BCUT2D eigenvalue weighted by atomic mass is 19.4. The number of ether oxygens (including phenoxy) is 1. The zero-order valence-corrected chi connectivity index (χ0v) is 19.4. The number of hydrogen-bond acceptors (Lipinski definition) is 7. The van der Waals surface area contributed by atoms with Crippen molar-refractivity contribution in [3.8, 4) is 22.5 Å². The number of fused-ring (bicyclic) bond motifs is 1.